The van der Waals surface area contributed by atoms with Gasteiger partial charge in [0.1, 0.15) is 0 Å². The molecule has 0 aliphatic heterocycles. The monoisotopic (exact) mass is 280 g/mol. The zero-order chi connectivity index (χ0) is 14.8. The predicted molar refractivity (Wildman–Crippen MR) is 78.1 cm³/mol. The number of primary amides is 1. The molecule has 2 amide bonds. The second-order valence-electron chi connectivity index (χ2n) is 4.50. The molecule has 3 N–H and O–H groups in total. The van der Waals surface area contributed by atoms with Crippen molar-refractivity contribution in [2.45, 2.75) is 0 Å². The number of anilines is 1. The molecule has 0 aliphatic rings. The van der Waals surface area contributed by atoms with Crippen molar-refractivity contribution in [2.75, 3.05) is 5.32 Å². The standard InChI is InChI=1S/C15H12N4O2/c16-14(20)10-4-6-11(7-5-10)17-15(21)13-9-12-3-1-2-8-19(12)18-13/h1-9H,(H2,16,20)(H,17,21). The highest BCUT2D eigenvalue weighted by Gasteiger charge is 2.11. The molecule has 0 radical (unpaired) electrons. The molecule has 0 atom stereocenters. The van der Waals surface area contributed by atoms with E-state index in [-0.39, 0.29) is 5.91 Å². The molecule has 2 heterocycles. The van der Waals surface area contributed by atoms with Crippen LogP contribution in [-0.4, -0.2) is 21.4 Å². The quantitative estimate of drug-likeness (QED) is 0.765. The molecule has 104 valence electrons. The van der Waals surface area contributed by atoms with E-state index < -0.39 is 5.91 Å². The number of hydrogen-bond donors (Lipinski definition) is 2. The lowest BCUT2D eigenvalue weighted by Gasteiger charge is -2.03. The third-order valence-corrected chi connectivity index (χ3v) is 3.03. The molecule has 6 nitrogen and oxygen atoms in total. The Morgan fingerprint density at radius 2 is 1.86 bits per heavy atom. The van der Waals surface area contributed by atoms with Crippen molar-refractivity contribution in [1.29, 1.82) is 0 Å². The highest BCUT2D eigenvalue weighted by molar-refractivity contribution is 6.04. The van der Waals surface area contributed by atoms with Crippen LogP contribution in [0.4, 0.5) is 5.69 Å². The predicted octanol–water partition coefficient (Wildman–Crippen LogP) is 1.69. The molecule has 21 heavy (non-hydrogen) atoms. The molecule has 0 saturated heterocycles. The maximum Gasteiger partial charge on any atom is 0.276 e. The van der Waals surface area contributed by atoms with E-state index in [1.807, 2.05) is 18.2 Å². The summed E-state index contributed by atoms with van der Waals surface area (Å²) in [5.41, 5.74) is 7.28. The first-order valence-electron chi connectivity index (χ1n) is 6.29. The van der Waals surface area contributed by atoms with E-state index in [4.69, 9.17) is 5.73 Å². The van der Waals surface area contributed by atoms with Crippen LogP contribution in [-0.2, 0) is 0 Å². The lowest BCUT2D eigenvalue weighted by atomic mass is 10.2. The second-order valence-corrected chi connectivity index (χ2v) is 4.50. The average molecular weight is 280 g/mol. The molecule has 3 rings (SSSR count). The number of hydrogen-bond acceptors (Lipinski definition) is 3. The maximum absolute atomic E-state index is 12.1. The van der Waals surface area contributed by atoms with E-state index in [2.05, 4.69) is 10.4 Å². The Morgan fingerprint density at radius 1 is 1.10 bits per heavy atom. The first kappa shape index (κ1) is 12.9. The van der Waals surface area contributed by atoms with Crippen molar-refractivity contribution in [3.63, 3.8) is 0 Å². The number of nitrogens with one attached hydrogen (secondary N) is 1. The molecule has 0 unspecified atom stereocenters. The van der Waals surface area contributed by atoms with Crippen LogP contribution in [0.1, 0.15) is 20.8 Å². The molecule has 2 aromatic heterocycles. The topological polar surface area (TPSA) is 89.5 Å². The molecular weight excluding hydrogens is 268 g/mol. The van der Waals surface area contributed by atoms with E-state index in [1.54, 1.807) is 41.0 Å². The Kier molecular flexibility index (Phi) is 3.12. The lowest BCUT2D eigenvalue weighted by molar-refractivity contribution is 0.0998. The number of nitrogens with zero attached hydrogens (tertiary/aromatic N) is 2. The van der Waals surface area contributed by atoms with E-state index in [0.29, 0.717) is 16.9 Å². The number of fused-ring (bicyclic) bond motifs is 1. The van der Waals surface area contributed by atoms with Gasteiger partial charge in [-0.3, -0.25) is 9.59 Å². The molecule has 6 heteroatoms. The van der Waals surface area contributed by atoms with Crippen molar-refractivity contribution in [1.82, 2.24) is 9.61 Å². The molecular formula is C15H12N4O2. The molecule has 0 aliphatic carbocycles. The van der Waals surface area contributed by atoms with Crippen LogP contribution in [0.15, 0.2) is 54.7 Å². The average Bonchev–Trinajstić information content (AvgIpc) is 2.92. The largest absolute Gasteiger partial charge is 0.366 e. The van der Waals surface area contributed by atoms with Gasteiger partial charge in [0, 0.05) is 17.4 Å². The molecule has 0 bridgehead atoms. The molecule has 1 aromatic carbocycles. The Hall–Kier alpha value is -3.15. The van der Waals surface area contributed by atoms with Crippen LogP contribution in [0.2, 0.25) is 0 Å². The Labute approximate surface area is 120 Å². The molecule has 0 fully saturated rings. The summed E-state index contributed by atoms with van der Waals surface area (Å²) in [5.74, 6) is -0.821. The minimum absolute atomic E-state index is 0.314. The summed E-state index contributed by atoms with van der Waals surface area (Å²) in [6.45, 7) is 0. The van der Waals surface area contributed by atoms with Gasteiger partial charge in [0.15, 0.2) is 5.69 Å². The van der Waals surface area contributed by atoms with Crippen LogP contribution in [0, 0.1) is 0 Å². The van der Waals surface area contributed by atoms with Gasteiger partial charge < -0.3 is 11.1 Å². The number of benzene rings is 1. The van der Waals surface area contributed by atoms with Crippen LogP contribution in [0.3, 0.4) is 0 Å². The van der Waals surface area contributed by atoms with E-state index in [9.17, 15) is 9.59 Å². The third kappa shape index (κ3) is 2.59. The Balaban J connectivity index is 1.80. The van der Waals surface area contributed by atoms with Crippen LogP contribution < -0.4 is 11.1 Å². The highest BCUT2D eigenvalue weighted by atomic mass is 16.2. The number of carbonyl (C=O) groups is 2. The van der Waals surface area contributed by atoms with Crippen molar-refractivity contribution in [3.8, 4) is 0 Å². The minimum atomic E-state index is -0.506. The lowest BCUT2D eigenvalue weighted by Crippen LogP contribution is -2.14. The summed E-state index contributed by atoms with van der Waals surface area (Å²) in [4.78, 5) is 23.1. The third-order valence-electron chi connectivity index (χ3n) is 3.03. The van der Waals surface area contributed by atoms with Crippen molar-refractivity contribution in [3.05, 3.63) is 66.0 Å². The van der Waals surface area contributed by atoms with Crippen molar-refractivity contribution >= 4 is 23.0 Å². The van der Waals surface area contributed by atoms with Gasteiger partial charge >= 0.3 is 0 Å². The smallest absolute Gasteiger partial charge is 0.276 e. The summed E-state index contributed by atoms with van der Waals surface area (Å²) >= 11 is 0. The van der Waals surface area contributed by atoms with Crippen LogP contribution >= 0.6 is 0 Å². The van der Waals surface area contributed by atoms with E-state index >= 15 is 0 Å². The SMILES string of the molecule is NC(=O)c1ccc(NC(=O)c2cc3ccccn3n2)cc1. The van der Waals surface area contributed by atoms with Crippen LogP contribution in [0.5, 0.6) is 0 Å². The van der Waals surface area contributed by atoms with Gasteiger partial charge in [-0.05, 0) is 42.5 Å². The van der Waals surface area contributed by atoms with Gasteiger partial charge in [0.05, 0.1) is 5.52 Å². The summed E-state index contributed by atoms with van der Waals surface area (Å²) < 4.78 is 1.63. The molecule has 3 aromatic rings. The zero-order valence-corrected chi connectivity index (χ0v) is 11.0. The van der Waals surface area contributed by atoms with Gasteiger partial charge in [-0.1, -0.05) is 6.07 Å². The zero-order valence-electron chi connectivity index (χ0n) is 11.0. The van der Waals surface area contributed by atoms with Gasteiger partial charge in [-0.15, -0.1) is 0 Å². The minimum Gasteiger partial charge on any atom is -0.366 e. The molecule has 0 spiro atoms. The number of nitrogens with two attached hydrogens (primary N) is 1. The number of carbonyl (C=O) groups excluding carboxylic acids is 2. The second kappa shape index (κ2) is 5.09. The Morgan fingerprint density at radius 3 is 2.52 bits per heavy atom. The summed E-state index contributed by atoms with van der Waals surface area (Å²) in [6, 6.07) is 13.6. The summed E-state index contributed by atoms with van der Waals surface area (Å²) in [7, 11) is 0. The number of amides is 2. The number of rotatable bonds is 3. The summed E-state index contributed by atoms with van der Waals surface area (Å²) in [5, 5.41) is 6.90. The van der Waals surface area contributed by atoms with Gasteiger partial charge in [-0.2, -0.15) is 5.10 Å². The fourth-order valence-corrected chi connectivity index (χ4v) is 1.96. The first-order chi connectivity index (χ1) is 10.1. The van der Waals surface area contributed by atoms with Gasteiger partial charge in [0.25, 0.3) is 5.91 Å². The van der Waals surface area contributed by atoms with E-state index in [1.165, 1.54) is 0 Å². The number of pyridine rings is 1. The van der Waals surface area contributed by atoms with E-state index in [0.717, 1.165) is 5.52 Å². The maximum atomic E-state index is 12.1. The highest BCUT2D eigenvalue weighted by Crippen LogP contribution is 2.12. The summed E-state index contributed by atoms with van der Waals surface area (Å²) in [6.07, 6.45) is 1.77. The normalized spacial score (nSPS) is 10.5. The van der Waals surface area contributed by atoms with Crippen LogP contribution in [0.25, 0.3) is 5.52 Å². The Bertz CT molecular complexity index is 788. The van der Waals surface area contributed by atoms with Crippen molar-refractivity contribution < 1.29 is 9.59 Å². The first-order valence-corrected chi connectivity index (χ1v) is 6.29. The number of aromatic nitrogens is 2. The fraction of sp³-hybridized carbons (Fsp3) is 0. The van der Waals surface area contributed by atoms with Gasteiger partial charge in [0.2, 0.25) is 5.91 Å². The van der Waals surface area contributed by atoms with Crippen molar-refractivity contribution in [2.24, 2.45) is 5.73 Å². The fourth-order valence-electron chi connectivity index (χ4n) is 1.96. The molecule has 0 saturated carbocycles. The van der Waals surface area contributed by atoms with Gasteiger partial charge in [-0.25, -0.2) is 4.52 Å².